The van der Waals surface area contributed by atoms with Gasteiger partial charge in [0.05, 0.1) is 6.21 Å². The Labute approximate surface area is 137 Å². The molecule has 108 valence electrons. The summed E-state index contributed by atoms with van der Waals surface area (Å²) in [5, 5.41) is 9.69. The van der Waals surface area contributed by atoms with Crippen LogP contribution in [0.5, 0.6) is 0 Å². The minimum Gasteiger partial charge on any atom is -0.377 e. The fourth-order valence-electron chi connectivity index (χ4n) is 1.51. The van der Waals surface area contributed by atoms with Crippen LogP contribution in [-0.2, 0) is 5.75 Å². The second-order valence-electron chi connectivity index (χ2n) is 4.15. The summed E-state index contributed by atoms with van der Waals surface area (Å²) in [4.78, 5) is 0. The molecule has 0 radical (unpaired) electrons. The van der Waals surface area contributed by atoms with E-state index in [2.05, 4.69) is 10.2 Å². The Balaban J connectivity index is 1.88. The van der Waals surface area contributed by atoms with Crippen LogP contribution in [0.2, 0.25) is 10.0 Å². The van der Waals surface area contributed by atoms with Crippen molar-refractivity contribution in [2.45, 2.75) is 5.75 Å². The van der Waals surface area contributed by atoms with Crippen molar-refractivity contribution in [3.05, 3.63) is 69.7 Å². The normalized spacial score (nSPS) is 12.0. The first-order valence-electron chi connectivity index (χ1n) is 6.13. The molecule has 2 N–H and O–H groups in total. The van der Waals surface area contributed by atoms with Gasteiger partial charge >= 0.3 is 0 Å². The third-order valence-corrected chi connectivity index (χ3v) is 3.85. The first-order chi connectivity index (χ1) is 10.1. The van der Waals surface area contributed by atoms with Crippen molar-refractivity contribution in [2.24, 2.45) is 15.9 Å². The molecule has 21 heavy (non-hydrogen) atoms. The molecule has 0 aliphatic heterocycles. The van der Waals surface area contributed by atoms with Crippen LogP contribution in [0.1, 0.15) is 11.1 Å². The van der Waals surface area contributed by atoms with E-state index in [4.69, 9.17) is 28.9 Å². The molecule has 2 aromatic carbocycles. The number of halogens is 2. The molecule has 2 rings (SSSR count). The Morgan fingerprint density at radius 1 is 1.10 bits per heavy atom. The molecule has 0 aliphatic rings. The topological polar surface area (TPSA) is 50.7 Å². The Morgan fingerprint density at radius 2 is 1.86 bits per heavy atom. The van der Waals surface area contributed by atoms with Crippen LogP contribution in [-0.4, -0.2) is 11.4 Å². The number of benzene rings is 2. The highest BCUT2D eigenvalue weighted by Crippen LogP contribution is 2.16. The first kappa shape index (κ1) is 15.9. The molecular formula is C15H13Cl2N3S. The van der Waals surface area contributed by atoms with Crippen molar-refractivity contribution in [3.8, 4) is 0 Å². The quantitative estimate of drug-likeness (QED) is 0.504. The summed E-state index contributed by atoms with van der Waals surface area (Å²) in [6, 6.07) is 14.9. The summed E-state index contributed by atoms with van der Waals surface area (Å²) in [6.45, 7) is 0. The second-order valence-corrected chi connectivity index (χ2v) is 6.02. The third kappa shape index (κ3) is 5.79. The molecule has 0 atom stereocenters. The van der Waals surface area contributed by atoms with E-state index in [1.165, 1.54) is 11.8 Å². The maximum Gasteiger partial charge on any atom is 0.180 e. The van der Waals surface area contributed by atoms with Gasteiger partial charge in [0.2, 0.25) is 0 Å². The minimum atomic E-state index is 0.403. The zero-order valence-corrected chi connectivity index (χ0v) is 13.4. The molecule has 0 saturated carbocycles. The summed E-state index contributed by atoms with van der Waals surface area (Å²) < 4.78 is 0. The molecule has 0 aliphatic carbocycles. The Kier molecular flexibility index (Phi) is 6.11. The van der Waals surface area contributed by atoms with Crippen molar-refractivity contribution in [3.63, 3.8) is 0 Å². The van der Waals surface area contributed by atoms with Gasteiger partial charge in [-0.05, 0) is 35.4 Å². The van der Waals surface area contributed by atoms with Crippen LogP contribution < -0.4 is 5.73 Å². The van der Waals surface area contributed by atoms with E-state index in [-0.39, 0.29) is 0 Å². The SMILES string of the molecule is N/C(=N\N=C\c1ccc(Cl)cc1)SCc1cccc(Cl)c1. The molecule has 0 aromatic heterocycles. The lowest BCUT2D eigenvalue weighted by Gasteiger charge is -2.00. The highest BCUT2D eigenvalue weighted by Gasteiger charge is 1.97. The predicted octanol–water partition coefficient (Wildman–Crippen LogP) is 4.58. The van der Waals surface area contributed by atoms with E-state index in [0.717, 1.165) is 11.1 Å². The first-order valence-corrected chi connectivity index (χ1v) is 7.87. The van der Waals surface area contributed by atoms with Crippen molar-refractivity contribution in [1.82, 2.24) is 0 Å². The molecule has 0 amide bonds. The minimum absolute atomic E-state index is 0.403. The van der Waals surface area contributed by atoms with Gasteiger partial charge < -0.3 is 5.73 Å². The van der Waals surface area contributed by atoms with Gasteiger partial charge in [-0.15, -0.1) is 5.10 Å². The molecule has 6 heteroatoms. The number of hydrogen-bond acceptors (Lipinski definition) is 3. The van der Waals surface area contributed by atoms with Crippen molar-refractivity contribution in [1.29, 1.82) is 0 Å². The van der Waals surface area contributed by atoms with Crippen LogP contribution >= 0.6 is 35.0 Å². The average Bonchev–Trinajstić information content (AvgIpc) is 2.47. The molecular weight excluding hydrogens is 325 g/mol. The number of hydrogen-bond donors (Lipinski definition) is 1. The summed E-state index contributed by atoms with van der Waals surface area (Å²) in [5.74, 6) is 0.701. The Morgan fingerprint density at radius 3 is 2.57 bits per heavy atom. The van der Waals surface area contributed by atoms with Crippen molar-refractivity contribution in [2.75, 3.05) is 0 Å². The molecule has 0 spiro atoms. The van der Waals surface area contributed by atoms with Crippen LogP contribution in [0.25, 0.3) is 0 Å². The van der Waals surface area contributed by atoms with Crippen LogP contribution in [0.15, 0.2) is 58.7 Å². The summed E-state index contributed by atoms with van der Waals surface area (Å²) in [7, 11) is 0. The highest BCUT2D eigenvalue weighted by molar-refractivity contribution is 8.13. The smallest absolute Gasteiger partial charge is 0.180 e. The fourth-order valence-corrected chi connectivity index (χ4v) is 2.45. The van der Waals surface area contributed by atoms with Gasteiger partial charge in [-0.2, -0.15) is 5.10 Å². The Hall–Kier alpha value is -1.49. The molecule has 0 unspecified atom stereocenters. The lowest BCUT2D eigenvalue weighted by Crippen LogP contribution is -2.06. The zero-order valence-electron chi connectivity index (χ0n) is 11.0. The molecule has 0 fully saturated rings. The van der Waals surface area contributed by atoms with E-state index in [9.17, 15) is 0 Å². The maximum absolute atomic E-state index is 5.92. The Bertz CT molecular complexity index is 654. The molecule has 0 heterocycles. The summed E-state index contributed by atoms with van der Waals surface area (Å²) in [6.07, 6.45) is 1.63. The second kappa shape index (κ2) is 8.08. The maximum atomic E-state index is 5.92. The summed E-state index contributed by atoms with van der Waals surface area (Å²) >= 11 is 13.1. The van der Waals surface area contributed by atoms with Gasteiger partial charge in [0.1, 0.15) is 0 Å². The van der Waals surface area contributed by atoms with Gasteiger partial charge in [-0.25, -0.2) is 0 Å². The van der Waals surface area contributed by atoms with E-state index in [1.54, 1.807) is 18.3 Å². The monoisotopic (exact) mass is 337 g/mol. The lowest BCUT2D eigenvalue weighted by atomic mass is 10.2. The average molecular weight is 338 g/mol. The molecule has 3 nitrogen and oxygen atoms in total. The predicted molar refractivity (Wildman–Crippen MR) is 93.4 cm³/mol. The summed E-state index contributed by atoms with van der Waals surface area (Å²) in [5.41, 5.74) is 7.80. The highest BCUT2D eigenvalue weighted by atomic mass is 35.5. The molecule has 0 saturated heterocycles. The van der Waals surface area contributed by atoms with E-state index >= 15 is 0 Å². The molecule has 0 bridgehead atoms. The largest absolute Gasteiger partial charge is 0.377 e. The number of nitrogens with two attached hydrogens (primary N) is 1. The number of rotatable bonds is 4. The van der Waals surface area contributed by atoms with E-state index in [1.807, 2.05) is 36.4 Å². The van der Waals surface area contributed by atoms with Gasteiger partial charge in [-0.3, -0.25) is 0 Å². The number of thioether (sulfide) groups is 1. The van der Waals surface area contributed by atoms with Gasteiger partial charge in [0, 0.05) is 15.8 Å². The van der Waals surface area contributed by atoms with Crippen molar-refractivity contribution < 1.29 is 0 Å². The van der Waals surface area contributed by atoms with Crippen molar-refractivity contribution >= 4 is 46.3 Å². The van der Waals surface area contributed by atoms with Gasteiger partial charge in [0.15, 0.2) is 5.17 Å². The van der Waals surface area contributed by atoms with Gasteiger partial charge in [-0.1, -0.05) is 59.2 Å². The number of nitrogens with zero attached hydrogens (tertiary/aromatic N) is 2. The number of amidine groups is 1. The van der Waals surface area contributed by atoms with E-state index < -0.39 is 0 Å². The van der Waals surface area contributed by atoms with E-state index in [0.29, 0.717) is 21.0 Å². The van der Waals surface area contributed by atoms with Crippen LogP contribution in [0.3, 0.4) is 0 Å². The fraction of sp³-hybridized carbons (Fsp3) is 0.0667. The third-order valence-electron chi connectivity index (χ3n) is 2.51. The standard InChI is InChI=1S/C15H13Cl2N3S/c16-13-6-4-11(5-7-13)9-19-20-15(18)21-10-12-2-1-3-14(17)8-12/h1-9H,10H2,(H2,18,20)/b19-9+. The molecule has 2 aromatic rings. The zero-order chi connectivity index (χ0) is 15.1. The lowest BCUT2D eigenvalue weighted by molar-refractivity contribution is 1.25. The van der Waals surface area contributed by atoms with Crippen LogP contribution in [0.4, 0.5) is 0 Å². The van der Waals surface area contributed by atoms with Gasteiger partial charge in [0.25, 0.3) is 0 Å². The van der Waals surface area contributed by atoms with Crippen LogP contribution in [0, 0.1) is 0 Å².